The van der Waals surface area contributed by atoms with Gasteiger partial charge in [-0.1, -0.05) is 60.1 Å². The number of nitrogens with zero attached hydrogens (tertiary/aromatic N) is 2. The minimum atomic E-state index is -0.791. The van der Waals surface area contributed by atoms with E-state index in [4.69, 9.17) is 16.3 Å². The Kier molecular flexibility index (Phi) is 7.24. The van der Waals surface area contributed by atoms with Crippen LogP contribution in [0.25, 0.3) is 5.76 Å². The molecule has 0 aliphatic carbocycles. The van der Waals surface area contributed by atoms with Gasteiger partial charge >= 0.3 is 0 Å². The lowest BCUT2D eigenvalue weighted by Crippen LogP contribution is -2.29. The second-order valence-electron chi connectivity index (χ2n) is 9.09. The standard InChI is InChI=1S/C31H25ClN2O4/c1-20-16-25(38-19-21-6-3-2-4-7-21)13-14-26(20)29(35)27-28(23-9-11-24(32)12-10-23)34(31(37)30(27)36)18-22-8-5-15-33-17-22/h2-17,28,35H,18-19H2,1H3/t28-/m0/s1. The van der Waals surface area contributed by atoms with Crippen molar-refractivity contribution >= 4 is 29.1 Å². The van der Waals surface area contributed by atoms with Crippen molar-refractivity contribution in [1.29, 1.82) is 0 Å². The van der Waals surface area contributed by atoms with Gasteiger partial charge in [-0.05, 0) is 65.6 Å². The van der Waals surface area contributed by atoms with Gasteiger partial charge in [-0.3, -0.25) is 14.6 Å². The van der Waals surface area contributed by atoms with E-state index in [0.717, 1.165) is 11.1 Å². The largest absolute Gasteiger partial charge is 0.507 e. The summed E-state index contributed by atoms with van der Waals surface area (Å²) < 4.78 is 5.91. The van der Waals surface area contributed by atoms with Crippen LogP contribution in [0.4, 0.5) is 0 Å². The molecule has 1 N–H and O–H groups in total. The zero-order chi connectivity index (χ0) is 26.6. The number of ketones is 1. The molecule has 3 aromatic carbocycles. The molecule has 0 bridgehead atoms. The smallest absolute Gasteiger partial charge is 0.295 e. The number of Topliss-reactive ketones (excluding diaryl/α,β-unsaturated/α-hetero) is 1. The number of amides is 1. The number of hydrogen-bond acceptors (Lipinski definition) is 5. The number of aliphatic hydroxyl groups excluding tert-OH is 1. The average Bonchev–Trinajstić information content (AvgIpc) is 3.18. The van der Waals surface area contributed by atoms with E-state index in [2.05, 4.69) is 4.98 Å². The Morgan fingerprint density at radius 2 is 1.71 bits per heavy atom. The van der Waals surface area contributed by atoms with Gasteiger partial charge in [0, 0.05) is 29.5 Å². The van der Waals surface area contributed by atoms with E-state index in [-0.39, 0.29) is 17.9 Å². The lowest BCUT2D eigenvalue weighted by molar-refractivity contribution is -0.140. The van der Waals surface area contributed by atoms with Crippen molar-refractivity contribution in [3.63, 3.8) is 0 Å². The number of carbonyl (C=O) groups is 2. The molecule has 7 heteroatoms. The third-order valence-electron chi connectivity index (χ3n) is 6.50. The maximum atomic E-state index is 13.3. The number of benzene rings is 3. The molecule has 1 fully saturated rings. The first-order chi connectivity index (χ1) is 18.4. The summed E-state index contributed by atoms with van der Waals surface area (Å²) in [5.74, 6) is -1.02. The van der Waals surface area contributed by atoms with Crippen LogP contribution in [0.1, 0.15) is 33.9 Å². The summed E-state index contributed by atoms with van der Waals surface area (Å²) in [5.41, 5.74) is 3.66. The monoisotopic (exact) mass is 524 g/mol. The Bertz CT molecular complexity index is 1500. The molecule has 1 aromatic heterocycles. The number of carbonyl (C=O) groups excluding carboxylic acids is 2. The molecular formula is C31H25ClN2O4. The third kappa shape index (κ3) is 5.17. The summed E-state index contributed by atoms with van der Waals surface area (Å²) >= 11 is 6.11. The van der Waals surface area contributed by atoms with Crippen molar-refractivity contribution in [2.24, 2.45) is 0 Å². The van der Waals surface area contributed by atoms with Gasteiger partial charge in [0.25, 0.3) is 11.7 Å². The fourth-order valence-electron chi connectivity index (χ4n) is 4.60. The highest BCUT2D eigenvalue weighted by Gasteiger charge is 2.46. The first kappa shape index (κ1) is 25.2. The maximum absolute atomic E-state index is 13.3. The van der Waals surface area contributed by atoms with Crippen LogP contribution in [0, 0.1) is 6.92 Å². The topological polar surface area (TPSA) is 79.7 Å². The maximum Gasteiger partial charge on any atom is 0.295 e. The number of rotatable bonds is 7. The molecule has 1 atom stereocenters. The first-order valence-corrected chi connectivity index (χ1v) is 12.5. The van der Waals surface area contributed by atoms with Gasteiger partial charge in [-0.15, -0.1) is 0 Å². The highest BCUT2D eigenvalue weighted by atomic mass is 35.5. The van der Waals surface area contributed by atoms with E-state index in [1.165, 1.54) is 4.90 Å². The van der Waals surface area contributed by atoms with Crippen LogP contribution in [0.3, 0.4) is 0 Å². The van der Waals surface area contributed by atoms with Crippen molar-refractivity contribution in [1.82, 2.24) is 9.88 Å². The SMILES string of the molecule is Cc1cc(OCc2ccccc2)ccc1C(O)=C1C(=O)C(=O)N(Cc2cccnc2)[C@H]1c1ccc(Cl)cc1. The predicted molar refractivity (Wildman–Crippen MR) is 145 cm³/mol. The fraction of sp³-hybridized carbons (Fsp3) is 0.129. The summed E-state index contributed by atoms with van der Waals surface area (Å²) in [6, 6.07) is 24.8. The molecule has 2 heterocycles. The van der Waals surface area contributed by atoms with Gasteiger partial charge in [-0.25, -0.2) is 0 Å². The number of aryl methyl sites for hydroxylation is 1. The summed E-state index contributed by atoms with van der Waals surface area (Å²) in [5, 5.41) is 12.0. The molecule has 5 rings (SSSR count). The molecule has 0 spiro atoms. The van der Waals surface area contributed by atoms with Crippen LogP contribution in [0.2, 0.25) is 5.02 Å². The number of halogens is 1. The van der Waals surface area contributed by atoms with E-state index in [1.54, 1.807) is 60.9 Å². The molecule has 38 heavy (non-hydrogen) atoms. The Balaban J connectivity index is 1.52. The summed E-state index contributed by atoms with van der Waals surface area (Å²) in [6.07, 6.45) is 3.29. The molecule has 1 aliphatic heterocycles. The number of aliphatic hydroxyl groups is 1. The minimum absolute atomic E-state index is 0.0299. The van der Waals surface area contributed by atoms with Crippen molar-refractivity contribution in [3.05, 3.63) is 136 Å². The van der Waals surface area contributed by atoms with Gasteiger partial charge in [0.05, 0.1) is 11.6 Å². The lowest BCUT2D eigenvalue weighted by atomic mass is 9.94. The second kappa shape index (κ2) is 10.9. The predicted octanol–water partition coefficient (Wildman–Crippen LogP) is 6.24. The highest BCUT2D eigenvalue weighted by molar-refractivity contribution is 6.46. The Labute approximate surface area is 225 Å². The molecule has 0 unspecified atom stereocenters. The average molecular weight is 525 g/mol. The molecule has 4 aromatic rings. The van der Waals surface area contributed by atoms with Gasteiger partial charge in [0.15, 0.2) is 0 Å². The van der Waals surface area contributed by atoms with E-state index in [1.807, 2.05) is 43.3 Å². The fourth-order valence-corrected chi connectivity index (χ4v) is 4.73. The Hall–Kier alpha value is -4.42. The van der Waals surface area contributed by atoms with Gasteiger partial charge < -0.3 is 14.7 Å². The molecule has 0 radical (unpaired) electrons. The lowest BCUT2D eigenvalue weighted by Gasteiger charge is -2.25. The van der Waals surface area contributed by atoms with Crippen molar-refractivity contribution in [3.8, 4) is 5.75 Å². The van der Waals surface area contributed by atoms with E-state index >= 15 is 0 Å². The summed E-state index contributed by atoms with van der Waals surface area (Å²) in [6.45, 7) is 2.39. The number of ether oxygens (including phenoxy) is 1. The molecule has 0 saturated carbocycles. The molecular weight excluding hydrogens is 500 g/mol. The molecule has 1 aliphatic rings. The van der Waals surface area contributed by atoms with E-state index < -0.39 is 17.7 Å². The van der Waals surface area contributed by atoms with Crippen LogP contribution in [-0.2, 0) is 22.7 Å². The first-order valence-electron chi connectivity index (χ1n) is 12.1. The van der Waals surface area contributed by atoms with Gasteiger partial charge in [0.1, 0.15) is 18.1 Å². The third-order valence-corrected chi connectivity index (χ3v) is 6.75. The Morgan fingerprint density at radius 1 is 0.974 bits per heavy atom. The van der Waals surface area contributed by atoms with Gasteiger partial charge in [-0.2, -0.15) is 0 Å². The number of aromatic nitrogens is 1. The quantitative estimate of drug-likeness (QED) is 0.176. The van der Waals surface area contributed by atoms with Crippen molar-refractivity contribution < 1.29 is 19.4 Å². The molecule has 1 saturated heterocycles. The van der Waals surface area contributed by atoms with E-state index in [0.29, 0.717) is 34.1 Å². The van der Waals surface area contributed by atoms with Crippen LogP contribution in [0.5, 0.6) is 5.75 Å². The zero-order valence-electron chi connectivity index (χ0n) is 20.7. The number of pyridine rings is 1. The zero-order valence-corrected chi connectivity index (χ0v) is 21.4. The van der Waals surface area contributed by atoms with E-state index in [9.17, 15) is 14.7 Å². The minimum Gasteiger partial charge on any atom is -0.507 e. The van der Waals surface area contributed by atoms with Crippen molar-refractivity contribution in [2.75, 3.05) is 0 Å². The normalized spacial score (nSPS) is 16.6. The van der Waals surface area contributed by atoms with Crippen molar-refractivity contribution in [2.45, 2.75) is 26.1 Å². The number of likely N-dealkylation sites (tertiary alicyclic amines) is 1. The second-order valence-corrected chi connectivity index (χ2v) is 9.53. The van der Waals surface area contributed by atoms with Crippen LogP contribution < -0.4 is 4.74 Å². The van der Waals surface area contributed by atoms with Crippen LogP contribution >= 0.6 is 11.6 Å². The molecule has 190 valence electrons. The summed E-state index contributed by atoms with van der Waals surface area (Å²) in [4.78, 5) is 32.1. The number of hydrogen-bond donors (Lipinski definition) is 1. The molecule has 6 nitrogen and oxygen atoms in total. The van der Waals surface area contributed by atoms with Crippen LogP contribution in [0.15, 0.2) is 103 Å². The molecule has 1 amide bonds. The van der Waals surface area contributed by atoms with Crippen LogP contribution in [-0.4, -0.2) is 26.7 Å². The van der Waals surface area contributed by atoms with Gasteiger partial charge in [0.2, 0.25) is 0 Å². The summed E-state index contributed by atoms with van der Waals surface area (Å²) in [7, 11) is 0. The Morgan fingerprint density at radius 3 is 2.39 bits per heavy atom. The highest BCUT2D eigenvalue weighted by Crippen LogP contribution is 2.41.